The van der Waals surface area contributed by atoms with E-state index in [1.165, 1.54) is 0 Å². The van der Waals surface area contributed by atoms with Crippen molar-refractivity contribution < 1.29 is 0 Å². The third-order valence-corrected chi connectivity index (χ3v) is 4.73. The number of nitrogens with one attached hydrogen (secondary N) is 1. The first-order chi connectivity index (χ1) is 9.79. The molecule has 0 bridgehead atoms. The molecule has 0 fully saturated rings. The van der Waals surface area contributed by atoms with E-state index in [4.69, 9.17) is 22.4 Å². The lowest BCUT2D eigenvalue weighted by Gasteiger charge is -2.16. The van der Waals surface area contributed by atoms with Crippen LogP contribution in [0.25, 0.3) is 0 Å². The zero-order valence-corrected chi connectivity index (χ0v) is 15.4. The number of nitrogens with zero attached hydrogens (tertiary/aromatic N) is 1. The molecule has 21 heavy (non-hydrogen) atoms. The monoisotopic (exact) mass is 387 g/mol. The van der Waals surface area contributed by atoms with Crippen molar-refractivity contribution in [2.24, 2.45) is 5.84 Å². The Morgan fingerprint density at radius 3 is 2.62 bits per heavy atom. The molecule has 1 heterocycles. The van der Waals surface area contributed by atoms with Gasteiger partial charge in [0.05, 0.1) is 16.7 Å². The minimum atomic E-state index is -0.0148. The quantitative estimate of drug-likeness (QED) is 0.594. The predicted molar refractivity (Wildman–Crippen MR) is 93.7 cm³/mol. The van der Waals surface area contributed by atoms with Crippen LogP contribution in [0, 0.1) is 0 Å². The fourth-order valence-corrected chi connectivity index (χ4v) is 3.93. The number of benzene rings is 1. The number of nitrogens with two attached hydrogens (primary N) is 1. The van der Waals surface area contributed by atoms with Gasteiger partial charge in [-0.05, 0) is 23.8 Å². The highest BCUT2D eigenvalue weighted by atomic mass is 79.9. The summed E-state index contributed by atoms with van der Waals surface area (Å²) in [7, 11) is 0. The van der Waals surface area contributed by atoms with E-state index in [2.05, 4.69) is 47.5 Å². The summed E-state index contributed by atoms with van der Waals surface area (Å²) in [5.74, 6) is 5.71. The van der Waals surface area contributed by atoms with Crippen LogP contribution in [0.5, 0.6) is 0 Å². The Balaban J connectivity index is 2.21. The SMILES string of the molecule is CC(C)(C)c1csc(CC(NN)c2cc(Cl)cc(Br)c2)n1. The van der Waals surface area contributed by atoms with Crippen molar-refractivity contribution in [1.82, 2.24) is 10.4 Å². The molecule has 0 radical (unpaired) electrons. The first kappa shape index (κ1) is 16.9. The van der Waals surface area contributed by atoms with E-state index in [1.807, 2.05) is 18.2 Å². The Bertz CT molecular complexity index is 601. The second-order valence-electron chi connectivity index (χ2n) is 6.00. The number of hydrogen-bond donors (Lipinski definition) is 2. The number of hydrogen-bond acceptors (Lipinski definition) is 4. The molecular weight excluding hydrogens is 370 g/mol. The maximum absolute atomic E-state index is 6.11. The molecule has 114 valence electrons. The highest BCUT2D eigenvalue weighted by Crippen LogP contribution is 2.29. The van der Waals surface area contributed by atoms with E-state index in [1.54, 1.807) is 11.3 Å². The molecule has 0 saturated carbocycles. The summed E-state index contributed by atoms with van der Waals surface area (Å²) in [6, 6.07) is 5.79. The number of rotatable bonds is 4. The molecule has 2 aromatic rings. The minimum absolute atomic E-state index is 0.0148. The van der Waals surface area contributed by atoms with E-state index in [0.29, 0.717) is 5.02 Å². The standard InChI is InChI=1S/C15H19BrClN3S/c1-15(2,3)13-8-21-14(19-13)7-12(20-18)9-4-10(16)6-11(17)5-9/h4-6,8,12,20H,7,18H2,1-3H3. The third kappa shape index (κ3) is 4.50. The summed E-state index contributed by atoms with van der Waals surface area (Å²) < 4.78 is 0.944. The van der Waals surface area contributed by atoms with Gasteiger partial charge in [-0.25, -0.2) is 4.98 Å². The fourth-order valence-electron chi connectivity index (χ4n) is 1.97. The van der Waals surface area contributed by atoms with Crippen molar-refractivity contribution in [2.45, 2.75) is 38.6 Å². The molecule has 3 N–H and O–H groups in total. The minimum Gasteiger partial charge on any atom is -0.271 e. The summed E-state index contributed by atoms with van der Waals surface area (Å²) in [4.78, 5) is 4.72. The highest BCUT2D eigenvalue weighted by Gasteiger charge is 2.19. The molecule has 0 aliphatic rings. The third-order valence-electron chi connectivity index (χ3n) is 3.19. The van der Waals surface area contributed by atoms with Crippen molar-refractivity contribution >= 4 is 38.9 Å². The second-order valence-corrected chi connectivity index (χ2v) is 8.30. The van der Waals surface area contributed by atoms with Crippen LogP contribution < -0.4 is 11.3 Å². The van der Waals surface area contributed by atoms with E-state index < -0.39 is 0 Å². The number of thiazole rings is 1. The molecule has 1 unspecified atom stereocenters. The number of aromatic nitrogens is 1. The van der Waals surface area contributed by atoms with Gasteiger partial charge in [-0.1, -0.05) is 48.3 Å². The van der Waals surface area contributed by atoms with Gasteiger partial charge in [0.1, 0.15) is 0 Å². The number of hydrazine groups is 1. The lowest BCUT2D eigenvalue weighted by Crippen LogP contribution is -2.29. The van der Waals surface area contributed by atoms with Gasteiger partial charge < -0.3 is 0 Å². The molecule has 3 nitrogen and oxygen atoms in total. The average molecular weight is 389 g/mol. The molecule has 0 spiro atoms. The Labute approximate surface area is 143 Å². The summed E-state index contributed by atoms with van der Waals surface area (Å²) in [5, 5.41) is 3.88. The van der Waals surface area contributed by atoms with Crippen molar-refractivity contribution in [3.05, 3.63) is 49.3 Å². The fraction of sp³-hybridized carbons (Fsp3) is 0.400. The Kier molecular flexibility index (Phi) is 5.43. The zero-order valence-electron chi connectivity index (χ0n) is 12.3. The first-order valence-corrected chi connectivity index (χ1v) is 8.71. The first-order valence-electron chi connectivity index (χ1n) is 6.66. The van der Waals surface area contributed by atoms with E-state index in [-0.39, 0.29) is 11.5 Å². The van der Waals surface area contributed by atoms with Crippen molar-refractivity contribution in [1.29, 1.82) is 0 Å². The largest absolute Gasteiger partial charge is 0.271 e. The van der Waals surface area contributed by atoms with Crippen molar-refractivity contribution in [3.8, 4) is 0 Å². The molecule has 0 aliphatic heterocycles. The Morgan fingerprint density at radius 2 is 2.10 bits per heavy atom. The average Bonchev–Trinajstić information content (AvgIpc) is 2.83. The highest BCUT2D eigenvalue weighted by molar-refractivity contribution is 9.10. The van der Waals surface area contributed by atoms with Gasteiger partial charge in [0.15, 0.2) is 0 Å². The van der Waals surface area contributed by atoms with Crippen LogP contribution in [0.3, 0.4) is 0 Å². The molecule has 6 heteroatoms. The lowest BCUT2D eigenvalue weighted by molar-refractivity contribution is 0.541. The molecule has 1 aromatic carbocycles. The van der Waals surface area contributed by atoms with E-state index in [9.17, 15) is 0 Å². The Hall–Kier alpha value is -0.460. The molecule has 1 aromatic heterocycles. The molecule has 2 rings (SSSR count). The smallest absolute Gasteiger partial charge is 0.0948 e. The van der Waals surface area contributed by atoms with Crippen LogP contribution >= 0.6 is 38.9 Å². The van der Waals surface area contributed by atoms with Crippen LogP contribution in [0.15, 0.2) is 28.1 Å². The summed E-state index contributed by atoms with van der Waals surface area (Å²) in [6.45, 7) is 6.50. The molecule has 0 saturated heterocycles. The van der Waals surface area contributed by atoms with Gasteiger partial charge >= 0.3 is 0 Å². The van der Waals surface area contributed by atoms with E-state index in [0.717, 1.165) is 27.2 Å². The normalized spacial score (nSPS) is 13.4. The van der Waals surface area contributed by atoms with Gasteiger partial charge in [-0.3, -0.25) is 11.3 Å². The molecule has 1 atom stereocenters. The van der Waals surface area contributed by atoms with Gasteiger partial charge in [0.25, 0.3) is 0 Å². The number of halogens is 2. The maximum Gasteiger partial charge on any atom is 0.0948 e. The van der Waals surface area contributed by atoms with E-state index >= 15 is 0 Å². The van der Waals surface area contributed by atoms with Gasteiger partial charge in [0, 0.05) is 26.7 Å². The van der Waals surface area contributed by atoms with Crippen LogP contribution in [0.1, 0.15) is 43.1 Å². The van der Waals surface area contributed by atoms with Crippen LogP contribution in [-0.2, 0) is 11.8 Å². The van der Waals surface area contributed by atoms with Gasteiger partial charge in [-0.2, -0.15) is 0 Å². The summed E-state index contributed by atoms with van der Waals surface area (Å²) in [5.41, 5.74) is 5.09. The van der Waals surface area contributed by atoms with Crippen molar-refractivity contribution in [2.75, 3.05) is 0 Å². The summed E-state index contributed by atoms with van der Waals surface area (Å²) in [6.07, 6.45) is 0.740. The lowest BCUT2D eigenvalue weighted by atomic mass is 9.93. The zero-order chi connectivity index (χ0) is 15.6. The Morgan fingerprint density at radius 1 is 1.38 bits per heavy atom. The molecule has 0 amide bonds. The predicted octanol–water partition coefficient (Wildman–Crippen LogP) is 4.60. The van der Waals surface area contributed by atoms with Crippen molar-refractivity contribution in [3.63, 3.8) is 0 Å². The topological polar surface area (TPSA) is 50.9 Å². The molecular formula is C15H19BrClN3S. The second kappa shape index (κ2) is 6.75. The summed E-state index contributed by atoms with van der Waals surface area (Å²) >= 11 is 11.2. The van der Waals surface area contributed by atoms with Crippen LogP contribution in [0.4, 0.5) is 0 Å². The van der Waals surface area contributed by atoms with Crippen LogP contribution in [-0.4, -0.2) is 4.98 Å². The van der Waals surface area contributed by atoms with Gasteiger partial charge in [0.2, 0.25) is 0 Å². The molecule has 0 aliphatic carbocycles. The van der Waals surface area contributed by atoms with Gasteiger partial charge in [-0.15, -0.1) is 11.3 Å². The van der Waals surface area contributed by atoms with Crippen LogP contribution in [0.2, 0.25) is 5.02 Å². The maximum atomic E-state index is 6.11.